The van der Waals surface area contributed by atoms with Crippen molar-refractivity contribution in [2.75, 3.05) is 6.61 Å². The molecule has 0 aliphatic heterocycles. The first-order valence-corrected chi connectivity index (χ1v) is 6.27. The van der Waals surface area contributed by atoms with Crippen molar-refractivity contribution in [1.29, 1.82) is 5.26 Å². The quantitative estimate of drug-likeness (QED) is 0.738. The highest BCUT2D eigenvalue weighted by atomic mass is 16.5. The highest BCUT2D eigenvalue weighted by molar-refractivity contribution is 5.31. The summed E-state index contributed by atoms with van der Waals surface area (Å²) < 4.78 is 5.75. The molecular weight excluding hydrogens is 210 g/mol. The molecule has 1 aromatic carbocycles. The van der Waals surface area contributed by atoms with Gasteiger partial charge in [0.25, 0.3) is 0 Å². The van der Waals surface area contributed by atoms with Gasteiger partial charge in [0.05, 0.1) is 18.1 Å². The number of hydrogen-bond donors (Lipinski definition) is 0. The predicted molar refractivity (Wildman–Crippen MR) is 69.9 cm³/mol. The van der Waals surface area contributed by atoms with Crippen molar-refractivity contribution < 1.29 is 4.74 Å². The zero-order valence-electron chi connectivity index (χ0n) is 11.0. The molecule has 2 heteroatoms. The van der Waals surface area contributed by atoms with E-state index in [1.807, 2.05) is 31.2 Å². The monoisotopic (exact) mass is 231 g/mol. The fraction of sp³-hybridized carbons (Fsp3) is 0.533. The van der Waals surface area contributed by atoms with E-state index in [4.69, 9.17) is 4.74 Å². The highest BCUT2D eigenvalue weighted by Gasteiger charge is 2.25. The molecule has 0 atom stereocenters. The van der Waals surface area contributed by atoms with Gasteiger partial charge in [0, 0.05) is 6.42 Å². The van der Waals surface area contributed by atoms with Crippen LogP contribution in [0.15, 0.2) is 24.3 Å². The Labute approximate surface area is 104 Å². The van der Waals surface area contributed by atoms with Gasteiger partial charge in [-0.25, -0.2) is 0 Å². The summed E-state index contributed by atoms with van der Waals surface area (Å²) in [6.07, 6.45) is 2.57. The summed E-state index contributed by atoms with van der Waals surface area (Å²) in [4.78, 5) is 0. The third-order valence-corrected chi connectivity index (χ3v) is 3.52. The van der Waals surface area contributed by atoms with Gasteiger partial charge in [-0.1, -0.05) is 32.0 Å². The van der Waals surface area contributed by atoms with E-state index in [1.165, 1.54) is 0 Å². The predicted octanol–water partition coefficient (Wildman–Crippen LogP) is 4.09. The Morgan fingerprint density at radius 3 is 2.41 bits per heavy atom. The molecule has 1 aromatic rings. The van der Waals surface area contributed by atoms with Gasteiger partial charge in [-0.2, -0.15) is 5.26 Å². The van der Waals surface area contributed by atoms with Gasteiger partial charge in [0.2, 0.25) is 0 Å². The lowest BCUT2D eigenvalue weighted by Gasteiger charge is -2.23. The summed E-state index contributed by atoms with van der Waals surface area (Å²) in [6, 6.07) is 10.4. The molecule has 0 bridgehead atoms. The molecule has 0 amide bonds. The minimum Gasteiger partial charge on any atom is -0.493 e. The minimum atomic E-state index is -0.220. The Morgan fingerprint density at radius 1 is 1.24 bits per heavy atom. The maximum Gasteiger partial charge on any atom is 0.122 e. The van der Waals surface area contributed by atoms with Crippen molar-refractivity contribution in [3.8, 4) is 11.8 Å². The van der Waals surface area contributed by atoms with Gasteiger partial charge >= 0.3 is 0 Å². The van der Waals surface area contributed by atoms with Crippen molar-refractivity contribution >= 4 is 0 Å². The number of nitriles is 1. The van der Waals surface area contributed by atoms with Crippen LogP contribution in [-0.4, -0.2) is 6.61 Å². The second kappa shape index (κ2) is 6.30. The number of para-hydroxylation sites is 1. The Kier molecular flexibility index (Phi) is 5.03. The standard InChI is InChI=1S/C15H21NO/c1-4-15(5-2,12-16)10-11-17-14-9-7-6-8-13(14)3/h6-9H,4-5,10-11H2,1-3H3. The number of rotatable bonds is 6. The van der Waals surface area contributed by atoms with Gasteiger partial charge in [0.1, 0.15) is 5.75 Å². The van der Waals surface area contributed by atoms with Crippen LogP contribution in [0.5, 0.6) is 5.75 Å². The van der Waals surface area contributed by atoms with Gasteiger partial charge in [-0.05, 0) is 31.4 Å². The number of ether oxygens (including phenoxy) is 1. The summed E-state index contributed by atoms with van der Waals surface area (Å²) in [6.45, 7) is 6.79. The molecule has 0 aromatic heterocycles. The lowest BCUT2D eigenvalue weighted by molar-refractivity contribution is 0.230. The fourth-order valence-electron chi connectivity index (χ4n) is 1.89. The van der Waals surface area contributed by atoms with E-state index in [1.54, 1.807) is 0 Å². The molecule has 92 valence electrons. The second-order valence-electron chi connectivity index (χ2n) is 4.46. The third-order valence-electron chi connectivity index (χ3n) is 3.52. The van der Waals surface area contributed by atoms with Crippen molar-refractivity contribution in [3.05, 3.63) is 29.8 Å². The molecule has 1 rings (SSSR count). The van der Waals surface area contributed by atoms with E-state index in [9.17, 15) is 5.26 Å². The van der Waals surface area contributed by atoms with Crippen molar-refractivity contribution in [2.45, 2.75) is 40.0 Å². The molecule has 2 nitrogen and oxygen atoms in total. The molecule has 0 saturated heterocycles. The first-order chi connectivity index (χ1) is 8.17. The fourth-order valence-corrected chi connectivity index (χ4v) is 1.89. The van der Waals surface area contributed by atoms with Crippen LogP contribution < -0.4 is 4.74 Å². The van der Waals surface area contributed by atoms with Gasteiger partial charge in [-0.3, -0.25) is 0 Å². The molecule has 0 heterocycles. The summed E-state index contributed by atoms with van der Waals surface area (Å²) in [7, 11) is 0. The Balaban J connectivity index is 2.53. The molecule has 0 saturated carbocycles. The van der Waals surface area contributed by atoms with Crippen LogP contribution in [0, 0.1) is 23.7 Å². The van der Waals surface area contributed by atoms with Gasteiger partial charge in [-0.15, -0.1) is 0 Å². The third kappa shape index (κ3) is 3.49. The van der Waals surface area contributed by atoms with Crippen molar-refractivity contribution in [1.82, 2.24) is 0 Å². The van der Waals surface area contributed by atoms with Crippen molar-refractivity contribution in [3.63, 3.8) is 0 Å². The zero-order valence-corrected chi connectivity index (χ0v) is 11.0. The van der Waals surface area contributed by atoms with Crippen LogP contribution in [0.3, 0.4) is 0 Å². The molecule has 0 spiro atoms. The van der Waals surface area contributed by atoms with Crippen LogP contribution in [0.1, 0.15) is 38.7 Å². The van der Waals surface area contributed by atoms with E-state index in [2.05, 4.69) is 19.9 Å². The summed E-state index contributed by atoms with van der Waals surface area (Å²) >= 11 is 0. The normalized spacial score (nSPS) is 10.9. The first kappa shape index (κ1) is 13.6. The van der Waals surface area contributed by atoms with Gasteiger partial charge < -0.3 is 4.74 Å². The van der Waals surface area contributed by atoms with Crippen LogP contribution in [0.4, 0.5) is 0 Å². The Hall–Kier alpha value is -1.49. The molecule has 0 N–H and O–H groups in total. The zero-order chi connectivity index (χ0) is 12.7. The highest BCUT2D eigenvalue weighted by Crippen LogP contribution is 2.30. The van der Waals surface area contributed by atoms with Crippen LogP contribution in [0.25, 0.3) is 0 Å². The largest absolute Gasteiger partial charge is 0.493 e. The van der Waals surface area contributed by atoms with E-state index >= 15 is 0 Å². The number of benzene rings is 1. The minimum absolute atomic E-state index is 0.220. The second-order valence-corrected chi connectivity index (χ2v) is 4.46. The molecule has 0 radical (unpaired) electrons. The van der Waals surface area contributed by atoms with E-state index in [0.29, 0.717) is 6.61 Å². The summed E-state index contributed by atoms with van der Waals surface area (Å²) in [5.41, 5.74) is 0.922. The molecular formula is C15H21NO. The molecule has 0 fully saturated rings. The summed E-state index contributed by atoms with van der Waals surface area (Å²) in [5, 5.41) is 9.22. The molecule has 0 unspecified atom stereocenters. The molecule has 17 heavy (non-hydrogen) atoms. The Bertz CT molecular complexity index is 388. The van der Waals surface area contributed by atoms with E-state index in [0.717, 1.165) is 30.6 Å². The van der Waals surface area contributed by atoms with E-state index < -0.39 is 0 Å². The maximum absolute atomic E-state index is 9.22. The average Bonchev–Trinajstić information content (AvgIpc) is 2.37. The molecule has 0 aliphatic rings. The Morgan fingerprint density at radius 2 is 1.88 bits per heavy atom. The maximum atomic E-state index is 9.22. The smallest absolute Gasteiger partial charge is 0.122 e. The summed E-state index contributed by atoms with van der Waals surface area (Å²) in [5.74, 6) is 0.923. The topological polar surface area (TPSA) is 33.0 Å². The number of hydrogen-bond acceptors (Lipinski definition) is 2. The first-order valence-electron chi connectivity index (χ1n) is 6.27. The van der Waals surface area contributed by atoms with Crippen LogP contribution in [0.2, 0.25) is 0 Å². The number of aryl methyl sites for hydroxylation is 1. The average molecular weight is 231 g/mol. The lowest BCUT2D eigenvalue weighted by Crippen LogP contribution is -2.19. The SMILES string of the molecule is CCC(C#N)(CC)CCOc1ccccc1C. The van der Waals surface area contributed by atoms with Crippen molar-refractivity contribution in [2.24, 2.45) is 5.41 Å². The molecule has 0 aliphatic carbocycles. The van der Waals surface area contributed by atoms with Crippen LogP contribution in [-0.2, 0) is 0 Å². The lowest BCUT2D eigenvalue weighted by atomic mass is 9.81. The van der Waals surface area contributed by atoms with E-state index in [-0.39, 0.29) is 5.41 Å². The van der Waals surface area contributed by atoms with Crippen LogP contribution >= 0.6 is 0 Å². The van der Waals surface area contributed by atoms with Gasteiger partial charge in [0.15, 0.2) is 0 Å². The number of nitrogens with zero attached hydrogens (tertiary/aromatic N) is 1.